The maximum atomic E-state index is 13.3. The van der Waals surface area contributed by atoms with Crippen LogP contribution in [0.25, 0.3) is 0 Å². The van der Waals surface area contributed by atoms with Crippen LogP contribution in [0, 0.1) is 15.9 Å². The Labute approximate surface area is 119 Å². The standard InChI is InChI=1S/C14H12FN3O3/c15-11-5-10(6-12(7-11)18(20)21)14(19)17-13-4-2-1-3-9(13)8-16/h1-7H,8,16H2,(H,17,19). The molecule has 0 bridgehead atoms. The highest BCUT2D eigenvalue weighted by atomic mass is 19.1. The van der Waals surface area contributed by atoms with E-state index in [0.29, 0.717) is 11.3 Å². The van der Waals surface area contributed by atoms with Crippen LogP contribution in [0.15, 0.2) is 42.5 Å². The monoisotopic (exact) mass is 289 g/mol. The Hall–Kier alpha value is -2.80. The van der Waals surface area contributed by atoms with E-state index in [2.05, 4.69) is 5.32 Å². The van der Waals surface area contributed by atoms with E-state index < -0.39 is 22.3 Å². The maximum absolute atomic E-state index is 13.3. The summed E-state index contributed by atoms with van der Waals surface area (Å²) in [5, 5.41) is 13.2. The molecule has 0 heterocycles. The second kappa shape index (κ2) is 6.10. The Kier molecular flexibility index (Phi) is 4.24. The zero-order valence-corrected chi connectivity index (χ0v) is 10.9. The molecule has 0 saturated carbocycles. The van der Waals surface area contributed by atoms with Crippen molar-refractivity contribution in [1.29, 1.82) is 0 Å². The van der Waals surface area contributed by atoms with E-state index in [0.717, 1.165) is 18.2 Å². The molecule has 0 aliphatic heterocycles. The first kappa shape index (κ1) is 14.6. The van der Waals surface area contributed by atoms with Gasteiger partial charge in [-0.05, 0) is 17.7 Å². The molecule has 0 saturated heterocycles. The van der Waals surface area contributed by atoms with Gasteiger partial charge in [0.1, 0.15) is 5.82 Å². The Morgan fingerprint density at radius 1 is 1.29 bits per heavy atom. The summed E-state index contributed by atoms with van der Waals surface area (Å²) in [5.74, 6) is -1.49. The van der Waals surface area contributed by atoms with E-state index in [9.17, 15) is 19.3 Å². The molecule has 0 fully saturated rings. The minimum Gasteiger partial charge on any atom is -0.326 e. The number of carbonyl (C=O) groups excluding carboxylic acids is 1. The number of nitrogens with one attached hydrogen (secondary N) is 1. The molecule has 108 valence electrons. The number of benzene rings is 2. The SMILES string of the molecule is NCc1ccccc1NC(=O)c1cc(F)cc([N+](=O)[O-])c1. The maximum Gasteiger partial charge on any atom is 0.273 e. The topological polar surface area (TPSA) is 98.3 Å². The molecule has 0 spiro atoms. The summed E-state index contributed by atoms with van der Waals surface area (Å²) in [4.78, 5) is 22.0. The van der Waals surface area contributed by atoms with Crippen molar-refractivity contribution in [2.75, 3.05) is 5.32 Å². The number of non-ortho nitro benzene ring substituents is 1. The number of hydrogen-bond acceptors (Lipinski definition) is 4. The van der Waals surface area contributed by atoms with Crippen molar-refractivity contribution >= 4 is 17.3 Å². The molecule has 2 aromatic carbocycles. The van der Waals surface area contributed by atoms with E-state index in [-0.39, 0.29) is 12.1 Å². The minimum atomic E-state index is -0.846. The van der Waals surface area contributed by atoms with Gasteiger partial charge in [-0.15, -0.1) is 0 Å². The van der Waals surface area contributed by atoms with Gasteiger partial charge in [-0.3, -0.25) is 14.9 Å². The third-order valence-electron chi connectivity index (χ3n) is 2.84. The van der Waals surface area contributed by atoms with Gasteiger partial charge in [-0.2, -0.15) is 0 Å². The number of nitro benzene ring substituents is 1. The van der Waals surface area contributed by atoms with Gasteiger partial charge in [0.2, 0.25) is 0 Å². The number of carbonyl (C=O) groups is 1. The summed E-state index contributed by atoms with van der Waals surface area (Å²) < 4.78 is 13.3. The number of halogens is 1. The quantitative estimate of drug-likeness (QED) is 0.667. The molecule has 0 atom stereocenters. The van der Waals surface area contributed by atoms with Crippen molar-refractivity contribution in [3.8, 4) is 0 Å². The largest absolute Gasteiger partial charge is 0.326 e. The van der Waals surface area contributed by atoms with Crippen LogP contribution in [0.4, 0.5) is 15.8 Å². The number of nitro groups is 1. The second-order valence-electron chi connectivity index (χ2n) is 4.27. The smallest absolute Gasteiger partial charge is 0.273 e. The lowest BCUT2D eigenvalue weighted by molar-refractivity contribution is -0.385. The van der Waals surface area contributed by atoms with Crippen LogP contribution in [0.1, 0.15) is 15.9 Å². The fourth-order valence-corrected chi connectivity index (χ4v) is 1.83. The van der Waals surface area contributed by atoms with Crippen LogP contribution >= 0.6 is 0 Å². The molecule has 2 rings (SSSR count). The van der Waals surface area contributed by atoms with E-state index >= 15 is 0 Å². The first-order valence-electron chi connectivity index (χ1n) is 6.05. The molecular formula is C14H12FN3O3. The highest BCUT2D eigenvalue weighted by Crippen LogP contribution is 2.19. The molecule has 1 amide bonds. The van der Waals surface area contributed by atoms with Crippen LogP contribution < -0.4 is 11.1 Å². The van der Waals surface area contributed by atoms with Crippen molar-refractivity contribution < 1.29 is 14.1 Å². The number of rotatable bonds is 4. The highest BCUT2D eigenvalue weighted by Gasteiger charge is 2.15. The minimum absolute atomic E-state index is 0.131. The summed E-state index contributed by atoms with van der Waals surface area (Å²) >= 11 is 0. The summed E-state index contributed by atoms with van der Waals surface area (Å²) in [6.45, 7) is 0.222. The lowest BCUT2D eigenvalue weighted by atomic mass is 10.1. The first-order chi connectivity index (χ1) is 10.0. The number of para-hydroxylation sites is 1. The van der Waals surface area contributed by atoms with Gasteiger partial charge in [0.15, 0.2) is 0 Å². The predicted octanol–water partition coefficient (Wildman–Crippen LogP) is 2.44. The Morgan fingerprint density at radius 2 is 2.00 bits per heavy atom. The first-order valence-corrected chi connectivity index (χ1v) is 6.05. The summed E-state index contributed by atoms with van der Waals surface area (Å²) in [5.41, 5.74) is 6.13. The molecule has 0 aromatic heterocycles. The Morgan fingerprint density at radius 3 is 2.67 bits per heavy atom. The summed E-state index contributed by atoms with van der Waals surface area (Å²) in [6.07, 6.45) is 0. The number of nitrogens with zero attached hydrogens (tertiary/aromatic N) is 1. The summed E-state index contributed by atoms with van der Waals surface area (Å²) in [7, 11) is 0. The summed E-state index contributed by atoms with van der Waals surface area (Å²) in [6, 6.07) is 9.58. The molecule has 6 nitrogen and oxygen atoms in total. The van der Waals surface area contributed by atoms with Gasteiger partial charge in [0, 0.05) is 23.9 Å². The van der Waals surface area contributed by atoms with Gasteiger partial charge < -0.3 is 11.1 Å². The van der Waals surface area contributed by atoms with Crippen molar-refractivity contribution in [3.63, 3.8) is 0 Å². The van der Waals surface area contributed by atoms with Crippen LogP contribution in [0.5, 0.6) is 0 Å². The third-order valence-corrected chi connectivity index (χ3v) is 2.84. The van der Waals surface area contributed by atoms with Gasteiger partial charge in [0.25, 0.3) is 11.6 Å². The Balaban J connectivity index is 2.30. The van der Waals surface area contributed by atoms with E-state index in [1.165, 1.54) is 0 Å². The third kappa shape index (κ3) is 3.40. The molecule has 21 heavy (non-hydrogen) atoms. The molecule has 2 aromatic rings. The molecule has 0 radical (unpaired) electrons. The molecule has 7 heteroatoms. The predicted molar refractivity (Wildman–Crippen MR) is 75.3 cm³/mol. The average Bonchev–Trinajstić information content (AvgIpc) is 2.47. The molecule has 0 unspecified atom stereocenters. The van der Waals surface area contributed by atoms with E-state index in [1.807, 2.05) is 0 Å². The lowest BCUT2D eigenvalue weighted by Crippen LogP contribution is -2.14. The van der Waals surface area contributed by atoms with Crippen LogP contribution in [-0.2, 0) is 6.54 Å². The second-order valence-corrected chi connectivity index (χ2v) is 4.27. The zero-order chi connectivity index (χ0) is 15.4. The fourth-order valence-electron chi connectivity index (χ4n) is 1.83. The van der Waals surface area contributed by atoms with E-state index in [1.54, 1.807) is 24.3 Å². The van der Waals surface area contributed by atoms with Gasteiger partial charge in [0.05, 0.1) is 11.0 Å². The van der Waals surface area contributed by atoms with Crippen molar-refractivity contribution in [3.05, 3.63) is 69.5 Å². The van der Waals surface area contributed by atoms with Gasteiger partial charge in [-0.1, -0.05) is 18.2 Å². The zero-order valence-electron chi connectivity index (χ0n) is 10.9. The van der Waals surface area contributed by atoms with Crippen LogP contribution in [-0.4, -0.2) is 10.8 Å². The molecule has 0 aliphatic carbocycles. The van der Waals surface area contributed by atoms with Gasteiger partial charge >= 0.3 is 0 Å². The van der Waals surface area contributed by atoms with Crippen molar-refractivity contribution in [1.82, 2.24) is 0 Å². The fraction of sp³-hybridized carbons (Fsp3) is 0.0714. The average molecular weight is 289 g/mol. The van der Waals surface area contributed by atoms with Crippen molar-refractivity contribution in [2.24, 2.45) is 5.73 Å². The van der Waals surface area contributed by atoms with Crippen molar-refractivity contribution in [2.45, 2.75) is 6.54 Å². The highest BCUT2D eigenvalue weighted by molar-refractivity contribution is 6.05. The molecular weight excluding hydrogens is 277 g/mol. The Bertz CT molecular complexity index is 704. The van der Waals surface area contributed by atoms with Crippen LogP contribution in [0.2, 0.25) is 0 Å². The van der Waals surface area contributed by atoms with Crippen LogP contribution in [0.3, 0.4) is 0 Å². The van der Waals surface area contributed by atoms with Gasteiger partial charge in [-0.25, -0.2) is 4.39 Å². The number of anilines is 1. The number of nitrogens with two attached hydrogens (primary N) is 1. The van der Waals surface area contributed by atoms with E-state index in [4.69, 9.17) is 5.73 Å². The number of hydrogen-bond donors (Lipinski definition) is 2. The normalized spacial score (nSPS) is 10.2. The molecule has 3 N–H and O–H groups in total. The molecule has 0 aliphatic rings. The number of amides is 1. The lowest BCUT2D eigenvalue weighted by Gasteiger charge is -2.09.